The molecular formula is C23H21N5O. The molecule has 2 atom stereocenters. The number of aromatic nitrogens is 5. The van der Waals surface area contributed by atoms with Crippen molar-refractivity contribution in [3.63, 3.8) is 0 Å². The van der Waals surface area contributed by atoms with Gasteiger partial charge in [0.05, 0.1) is 24.8 Å². The second-order valence-corrected chi connectivity index (χ2v) is 7.24. The number of nitrogens with zero attached hydrogens (tertiary/aromatic N) is 5. The normalized spacial score (nSPS) is 18.8. The standard InChI is InChI=1S/C23H21N5O/c1-2-4-18(5-3-1)22-26-13-20(14-27-22)23-25-10-11-28(23)21-16-29-15-19(21)12-17-6-8-24-9-7-17/h1-11,13-14,19,21H,12,15-16H2/t19-,21+/m0/s1. The number of hydrogen-bond acceptors (Lipinski definition) is 5. The molecule has 0 spiro atoms. The maximum atomic E-state index is 5.84. The quantitative estimate of drug-likeness (QED) is 0.524. The largest absolute Gasteiger partial charge is 0.379 e. The van der Waals surface area contributed by atoms with Crippen molar-refractivity contribution in [3.05, 3.63) is 85.2 Å². The fourth-order valence-corrected chi connectivity index (χ4v) is 3.90. The third-order valence-corrected chi connectivity index (χ3v) is 5.38. The third kappa shape index (κ3) is 3.67. The Hall–Kier alpha value is -3.38. The van der Waals surface area contributed by atoms with Gasteiger partial charge in [-0.2, -0.15) is 0 Å². The van der Waals surface area contributed by atoms with Gasteiger partial charge in [-0.3, -0.25) is 4.98 Å². The van der Waals surface area contributed by atoms with Crippen LogP contribution in [0.15, 0.2) is 79.6 Å². The molecule has 1 saturated heterocycles. The van der Waals surface area contributed by atoms with Gasteiger partial charge in [-0.1, -0.05) is 30.3 Å². The molecule has 4 aromatic rings. The summed E-state index contributed by atoms with van der Waals surface area (Å²) in [7, 11) is 0. The summed E-state index contributed by atoms with van der Waals surface area (Å²) in [6.07, 6.45) is 12.2. The summed E-state index contributed by atoms with van der Waals surface area (Å²) in [5.41, 5.74) is 3.19. The van der Waals surface area contributed by atoms with E-state index in [4.69, 9.17) is 4.74 Å². The van der Waals surface area contributed by atoms with E-state index in [-0.39, 0.29) is 6.04 Å². The van der Waals surface area contributed by atoms with Gasteiger partial charge in [-0.25, -0.2) is 15.0 Å². The molecule has 144 valence electrons. The monoisotopic (exact) mass is 383 g/mol. The molecule has 1 aliphatic rings. The molecule has 6 heteroatoms. The highest BCUT2D eigenvalue weighted by Gasteiger charge is 2.31. The van der Waals surface area contributed by atoms with Crippen LogP contribution in [-0.2, 0) is 11.2 Å². The molecule has 0 radical (unpaired) electrons. The number of ether oxygens (including phenoxy) is 1. The molecular weight excluding hydrogens is 362 g/mol. The predicted molar refractivity (Wildman–Crippen MR) is 110 cm³/mol. The summed E-state index contributed by atoms with van der Waals surface area (Å²) in [5.74, 6) is 1.97. The Kier molecular flexibility index (Phi) is 4.84. The average Bonchev–Trinajstić information content (AvgIpc) is 3.44. The zero-order valence-corrected chi connectivity index (χ0v) is 15.9. The van der Waals surface area contributed by atoms with Crippen molar-refractivity contribution in [1.82, 2.24) is 24.5 Å². The highest BCUT2D eigenvalue weighted by molar-refractivity contribution is 5.58. The minimum absolute atomic E-state index is 0.231. The van der Waals surface area contributed by atoms with E-state index in [0.717, 1.165) is 30.0 Å². The van der Waals surface area contributed by atoms with Crippen molar-refractivity contribution in [2.24, 2.45) is 5.92 Å². The first kappa shape index (κ1) is 17.7. The van der Waals surface area contributed by atoms with E-state index in [1.165, 1.54) is 5.56 Å². The van der Waals surface area contributed by atoms with Gasteiger partial charge in [-0.05, 0) is 24.1 Å². The lowest BCUT2D eigenvalue weighted by Gasteiger charge is -2.21. The Morgan fingerprint density at radius 1 is 0.862 bits per heavy atom. The second-order valence-electron chi connectivity index (χ2n) is 7.24. The molecule has 0 N–H and O–H groups in total. The summed E-state index contributed by atoms with van der Waals surface area (Å²) in [5, 5.41) is 0. The van der Waals surface area contributed by atoms with E-state index in [1.54, 1.807) is 0 Å². The van der Waals surface area contributed by atoms with Crippen LogP contribution in [-0.4, -0.2) is 37.7 Å². The van der Waals surface area contributed by atoms with Gasteiger partial charge in [0.15, 0.2) is 5.82 Å². The molecule has 0 saturated carbocycles. The lowest BCUT2D eigenvalue weighted by Crippen LogP contribution is -2.20. The number of imidazole rings is 1. The van der Waals surface area contributed by atoms with Crippen molar-refractivity contribution >= 4 is 0 Å². The average molecular weight is 383 g/mol. The predicted octanol–water partition coefficient (Wildman–Crippen LogP) is 3.83. The molecule has 0 aliphatic carbocycles. The van der Waals surface area contributed by atoms with E-state index in [2.05, 4.69) is 36.6 Å². The molecule has 0 unspecified atom stereocenters. The first-order valence-electron chi connectivity index (χ1n) is 9.76. The molecule has 1 aliphatic heterocycles. The fourth-order valence-electron chi connectivity index (χ4n) is 3.90. The Morgan fingerprint density at radius 2 is 1.66 bits per heavy atom. The van der Waals surface area contributed by atoms with Gasteiger partial charge in [0.2, 0.25) is 0 Å². The maximum Gasteiger partial charge on any atom is 0.159 e. The Bertz CT molecular complexity index is 1060. The summed E-state index contributed by atoms with van der Waals surface area (Å²) in [6.45, 7) is 1.43. The molecule has 5 rings (SSSR count). The van der Waals surface area contributed by atoms with Crippen molar-refractivity contribution in [1.29, 1.82) is 0 Å². The summed E-state index contributed by atoms with van der Waals surface area (Å²) in [4.78, 5) is 17.8. The van der Waals surface area contributed by atoms with E-state index in [9.17, 15) is 0 Å². The number of rotatable bonds is 5. The van der Waals surface area contributed by atoms with Crippen molar-refractivity contribution in [2.75, 3.05) is 13.2 Å². The first-order valence-corrected chi connectivity index (χ1v) is 9.76. The van der Waals surface area contributed by atoms with Gasteiger partial charge in [0.1, 0.15) is 5.82 Å². The fraction of sp³-hybridized carbons (Fsp3) is 0.217. The number of hydrogen-bond donors (Lipinski definition) is 0. The number of benzene rings is 1. The molecule has 1 aromatic carbocycles. The summed E-state index contributed by atoms with van der Waals surface area (Å²) >= 11 is 0. The SMILES string of the molecule is c1ccc(-c2ncc(-c3nccn3[C@@H]3COC[C@@H]3Cc3ccncc3)cn2)cc1. The molecule has 1 fully saturated rings. The highest BCUT2D eigenvalue weighted by atomic mass is 16.5. The lowest BCUT2D eigenvalue weighted by atomic mass is 9.95. The zero-order chi connectivity index (χ0) is 19.5. The van der Waals surface area contributed by atoms with Crippen molar-refractivity contribution < 1.29 is 4.74 Å². The molecule has 29 heavy (non-hydrogen) atoms. The van der Waals surface area contributed by atoms with Gasteiger partial charge < -0.3 is 9.30 Å². The van der Waals surface area contributed by atoms with Crippen molar-refractivity contribution in [3.8, 4) is 22.8 Å². The minimum Gasteiger partial charge on any atom is -0.379 e. The molecule has 0 bridgehead atoms. The smallest absolute Gasteiger partial charge is 0.159 e. The second kappa shape index (κ2) is 7.93. The van der Waals surface area contributed by atoms with Crippen LogP contribution in [0.3, 0.4) is 0 Å². The van der Waals surface area contributed by atoms with Crippen LogP contribution in [0.1, 0.15) is 11.6 Å². The molecule has 0 amide bonds. The van der Waals surface area contributed by atoms with Gasteiger partial charge in [0.25, 0.3) is 0 Å². The van der Waals surface area contributed by atoms with Crippen LogP contribution in [0.25, 0.3) is 22.8 Å². The van der Waals surface area contributed by atoms with Gasteiger partial charge in [0, 0.05) is 48.7 Å². The van der Waals surface area contributed by atoms with E-state index in [0.29, 0.717) is 18.3 Å². The Labute approximate surface area is 169 Å². The Morgan fingerprint density at radius 3 is 2.45 bits per heavy atom. The maximum absolute atomic E-state index is 5.84. The van der Waals surface area contributed by atoms with Crippen LogP contribution in [0, 0.1) is 5.92 Å². The molecule has 4 heterocycles. The van der Waals surface area contributed by atoms with Crippen molar-refractivity contribution in [2.45, 2.75) is 12.5 Å². The van der Waals surface area contributed by atoms with Crippen LogP contribution >= 0.6 is 0 Å². The zero-order valence-electron chi connectivity index (χ0n) is 15.9. The van der Waals surface area contributed by atoms with Crippen LogP contribution in [0.2, 0.25) is 0 Å². The van der Waals surface area contributed by atoms with E-state index < -0.39 is 0 Å². The topological polar surface area (TPSA) is 65.7 Å². The first-order chi connectivity index (χ1) is 14.4. The van der Waals surface area contributed by atoms with Gasteiger partial charge >= 0.3 is 0 Å². The summed E-state index contributed by atoms with van der Waals surface area (Å²) < 4.78 is 8.05. The lowest BCUT2D eigenvalue weighted by molar-refractivity contribution is 0.181. The number of pyridine rings is 1. The van der Waals surface area contributed by atoms with Crippen LogP contribution in [0.5, 0.6) is 0 Å². The van der Waals surface area contributed by atoms with E-state index in [1.807, 2.05) is 67.5 Å². The van der Waals surface area contributed by atoms with Crippen LogP contribution in [0.4, 0.5) is 0 Å². The Balaban J connectivity index is 1.40. The molecule has 6 nitrogen and oxygen atoms in total. The molecule has 3 aromatic heterocycles. The van der Waals surface area contributed by atoms with E-state index >= 15 is 0 Å². The highest BCUT2D eigenvalue weighted by Crippen LogP contribution is 2.32. The van der Waals surface area contributed by atoms with Gasteiger partial charge in [-0.15, -0.1) is 0 Å². The van der Waals surface area contributed by atoms with Crippen LogP contribution < -0.4 is 0 Å². The summed E-state index contributed by atoms with van der Waals surface area (Å²) in [6, 6.07) is 14.4. The third-order valence-electron chi connectivity index (χ3n) is 5.38. The minimum atomic E-state index is 0.231.